The molecule has 1 aromatic carbocycles. The minimum Gasteiger partial charge on any atom is -0.497 e. The number of benzene rings is 1. The van der Waals surface area contributed by atoms with E-state index in [9.17, 15) is 4.79 Å². The number of anilines is 1. The Morgan fingerprint density at radius 2 is 1.85 bits per heavy atom. The van der Waals surface area contributed by atoms with Gasteiger partial charge >= 0.3 is 0 Å². The van der Waals surface area contributed by atoms with E-state index in [1.165, 1.54) is 6.42 Å². The lowest BCUT2D eigenvalue weighted by Crippen LogP contribution is -2.46. The van der Waals surface area contributed by atoms with Crippen molar-refractivity contribution in [1.82, 2.24) is 0 Å². The van der Waals surface area contributed by atoms with Gasteiger partial charge in [0.1, 0.15) is 5.75 Å². The van der Waals surface area contributed by atoms with Gasteiger partial charge in [-0.25, -0.2) is 0 Å². The van der Waals surface area contributed by atoms with Crippen molar-refractivity contribution in [1.29, 1.82) is 0 Å². The first-order valence-corrected chi connectivity index (χ1v) is 7.24. The molecule has 0 aromatic heterocycles. The van der Waals surface area contributed by atoms with E-state index < -0.39 is 0 Å². The molecule has 1 fully saturated rings. The topological polar surface area (TPSA) is 55.6 Å². The summed E-state index contributed by atoms with van der Waals surface area (Å²) in [5.74, 6) is 0.872. The van der Waals surface area contributed by atoms with E-state index in [-0.39, 0.29) is 11.4 Å². The zero-order valence-electron chi connectivity index (χ0n) is 12.4. The molecule has 20 heavy (non-hydrogen) atoms. The number of carbonyl (C=O) groups is 1. The highest BCUT2D eigenvalue weighted by Crippen LogP contribution is 2.30. The summed E-state index contributed by atoms with van der Waals surface area (Å²) in [7, 11) is 3.43. The molecular weight excluding hydrogens is 252 g/mol. The smallest absolute Gasteiger partial charge is 0.228 e. The number of amides is 1. The van der Waals surface area contributed by atoms with Crippen molar-refractivity contribution in [3.05, 3.63) is 24.3 Å². The first-order chi connectivity index (χ1) is 9.54. The summed E-state index contributed by atoms with van der Waals surface area (Å²) in [5.41, 5.74) is 6.92. The Kier molecular flexibility index (Phi) is 4.65. The molecule has 0 aliphatic heterocycles. The molecule has 1 aliphatic rings. The lowest BCUT2D eigenvalue weighted by atomic mass is 9.80. The summed E-state index contributed by atoms with van der Waals surface area (Å²) in [6, 6.07) is 7.50. The van der Waals surface area contributed by atoms with Crippen LogP contribution in [0.4, 0.5) is 5.69 Å². The fourth-order valence-corrected chi connectivity index (χ4v) is 2.80. The fraction of sp³-hybridized carbons (Fsp3) is 0.562. The van der Waals surface area contributed by atoms with E-state index in [1.807, 2.05) is 24.3 Å². The summed E-state index contributed by atoms with van der Waals surface area (Å²) < 4.78 is 5.12. The summed E-state index contributed by atoms with van der Waals surface area (Å²) in [4.78, 5) is 14.1. The third-order valence-corrected chi connectivity index (χ3v) is 4.19. The lowest BCUT2D eigenvalue weighted by Gasteiger charge is -2.34. The zero-order chi connectivity index (χ0) is 14.6. The Hall–Kier alpha value is -1.55. The predicted octanol–water partition coefficient (Wildman–Crippen LogP) is 2.71. The van der Waals surface area contributed by atoms with Gasteiger partial charge in [0, 0.05) is 24.7 Å². The van der Waals surface area contributed by atoms with Gasteiger partial charge in [-0.15, -0.1) is 0 Å². The van der Waals surface area contributed by atoms with Gasteiger partial charge in [0.2, 0.25) is 5.91 Å². The van der Waals surface area contributed by atoms with Crippen LogP contribution < -0.4 is 15.4 Å². The minimum atomic E-state index is -0.309. The minimum absolute atomic E-state index is 0.0829. The Balaban J connectivity index is 2.00. The van der Waals surface area contributed by atoms with Crippen molar-refractivity contribution in [3.63, 3.8) is 0 Å². The fourth-order valence-electron chi connectivity index (χ4n) is 2.80. The highest BCUT2D eigenvalue weighted by Gasteiger charge is 2.31. The van der Waals surface area contributed by atoms with E-state index in [1.54, 1.807) is 19.1 Å². The second-order valence-electron chi connectivity index (χ2n) is 5.75. The number of rotatable bonds is 4. The SMILES string of the molecule is COc1ccc(N(C)C(=O)CC2(N)CCCCC2)cc1. The van der Waals surface area contributed by atoms with Crippen LogP contribution in [0.15, 0.2) is 24.3 Å². The third-order valence-electron chi connectivity index (χ3n) is 4.19. The van der Waals surface area contributed by atoms with Crippen LogP contribution in [-0.2, 0) is 4.79 Å². The first-order valence-electron chi connectivity index (χ1n) is 7.24. The van der Waals surface area contributed by atoms with Crippen molar-refractivity contribution in [3.8, 4) is 5.75 Å². The number of hydrogen-bond acceptors (Lipinski definition) is 3. The molecule has 2 rings (SSSR count). The van der Waals surface area contributed by atoms with E-state index >= 15 is 0 Å². The largest absolute Gasteiger partial charge is 0.497 e. The van der Waals surface area contributed by atoms with Crippen LogP contribution in [0.1, 0.15) is 38.5 Å². The maximum Gasteiger partial charge on any atom is 0.228 e. The number of hydrogen-bond donors (Lipinski definition) is 1. The van der Waals surface area contributed by atoms with E-state index in [0.717, 1.165) is 37.1 Å². The molecule has 0 unspecified atom stereocenters. The van der Waals surface area contributed by atoms with Gasteiger partial charge in [-0.3, -0.25) is 4.79 Å². The normalized spacial score (nSPS) is 17.6. The molecule has 0 radical (unpaired) electrons. The van der Waals surface area contributed by atoms with Crippen LogP contribution in [0.25, 0.3) is 0 Å². The molecule has 0 spiro atoms. The molecule has 0 saturated heterocycles. The van der Waals surface area contributed by atoms with Gasteiger partial charge in [0.05, 0.1) is 7.11 Å². The second kappa shape index (κ2) is 6.27. The van der Waals surface area contributed by atoms with Crippen molar-refractivity contribution in [2.24, 2.45) is 5.73 Å². The van der Waals surface area contributed by atoms with E-state index in [4.69, 9.17) is 10.5 Å². The Morgan fingerprint density at radius 3 is 2.40 bits per heavy atom. The molecule has 1 saturated carbocycles. The number of ether oxygens (including phenoxy) is 1. The first kappa shape index (κ1) is 14.9. The molecule has 1 amide bonds. The van der Waals surface area contributed by atoms with Crippen LogP contribution >= 0.6 is 0 Å². The van der Waals surface area contributed by atoms with Crippen LogP contribution in [0.3, 0.4) is 0 Å². The molecule has 0 heterocycles. The molecule has 2 N–H and O–H groups in total. The molecule has 4 heteroatoms. The van der Waals surface area contributed by atoms with Gasteiger partial charge in [-0.1, -0.05) is 19.3 Å². The molecular formula is C16H24N2O2. The van der Waals surface area contributed by atoms with Crippen molar-refractivity contribution >= 4 is 11.6 Å². The molecule has 1 aliphatic carbocycles. The Morgan fingerprint density at radius 1 is 1.25 bits per heavy atom. The van der Waals surface area contributed by atoms with Crippen molar-refractivity contribution in [2.75, 3.05) is 19.1 Å². The monoisotopic (exact) mass is 276 g/mol. The maximum atomic E-state index is 12.4. The van der Waals surface area contributed by atoms with Crippen molar-refractivity contribution in [2.45, 2.75) is 44.1 Å². The average Bonchev–Trinajstić information content (AvgIpc) is 2.47. The van der Waals surface area contributed by atoms with Gasteiger partial charge in [0.25, 0.3) is 0 Å². The summed E-state index contributed by atoms with van der Waals surface area (Å²) in [6.45, 7) is 0. The van der Waals surface area contributed by atoms with E-state index in [0.29, 0.717) is 6.42 Å². The van der Waals surface area contributed by atoms with Gasteiger partial charge < -0.3 is 15.4 Å². The van der Waals surface area contributed by atoms with Crippen LogP contribution in [0, 0.1) is 0 Å². The number of nitrogens with two attached hydrogens (primary N) is 1. The molecule has 1 aromatic rings. The Labute approximate surface area is 120 Å². The predicted molar refractivity (Wildman–Crippen MR) is 81.0 cm³/mol. The molecule has 0 bridgehead atoms. The summed E-state index contributed by atoms with van der Waals surface area (Å²) >= 11 is 0. The number of nitrogens with zero attached hydrogens (tertiary/aromatic N) is 1. The summed E-state index contributed by atoms with van der Waals surface area (Å²) in [5, 5.41) is 0. The zero-order valence-corrected chi connectivity index (χ0v) is 12.4. The van der Waals surface area contributed by atoms with Gasteiger partial charge in [-0.05, 0) is 37.1 Å². The standard InChI is InChI=1S/C16H24N2O2/c1-18(13-6-8-14(20-2)9-7-13)15(19)12-16(17)10-4-3-5-11-16/h6-9H,3-5,10-12,17H2,1-2H3. The Bertz CT molecular complexity index is 450. The molecule has 0 atom stereocenters. The average molecular weight is 276 g/mol. The van der Waals surface area contributed by atoms with Crippen LogP contribution in [-0.4, -0.2) is 25.6 Å². The number of carbonyl (C=O) groups excluding carboxylic acids is 1. The van der Waals surface area contributed by atoms with Gasteiger partial charge in [0.15, 0.2) is 0 Å². The van der Waals surface area contributed by atoms with Crippen LogP contribution in [0.2, 0.25) is 0 Å². The van der Waals surface area contributed by atoms with Gasteiger partial charge in [-0.2, -0.15) is 0 Å². The van der Waals surface area contributed by atoms with Crippen LogP contribution in [0.5, 0.6) is 5.75 Å². The quantitative estimate of drug-likeness (QED) is 0.920. The second-order valence-corrected chi connectivity index (χ2v) is 5.75. The third kappa shape index (κ3) is 3.51. The van der Waals surface area contributed by atoms with Crippen molar-refractivity contribution < 1.29 is 9.53 Å². The van der Waals surface area contributed by atoms with E-state index in [2.05, 4.69) is 0 Å². The highest BCUT2D eigenvalue weighted by atomic mass is 16.5. The highest BCUT2D eigenvalue weighted by molar-refractivity contribution is 5.93. The molecule has 4 nitrogen and oxygen atoms in total. The number of methoxy groups -OCH3 is 1. The summed E-state index contributed by atoms with van der Waals surface area (Å²) in [6.07, 6.45) is 5.84. The maximum absolute atomic E-state index is 12.4. The lowest BCUT2D eigenvalue weighted by molar-refractivity contribution is -0.119. The molecule has 110 valence electrons.